The first-order valence-electron chi connectivity index (χ1n) is 5.16. The number of halogens is 1. The van der Waals surface area contributed by atoms with Gasteiger partial charge in [-0.3, -0.25) is 4.72 Å². The van der Waals surface area contributed by atoms with Crippen LogP contribution in [-0.4, -0.2) is 37.1 Å². The van der Waals surface area contributed by atoms with Crippen molar-refractivity contribution >= 4 is 27.4 Å². The second-order valence-corrected chi connectivity index (χ2v) is 6.05. The number of ether oxygens (including phenoxy) is 1. The van der Waals surface area contributed by atoms with Gasteiger partial charge in [-0.25, -0.2) is 8.42 Å². The van der Waals surface area contributed by atoms with Crippen LogP contribution in [0.4, 0.5) is 5.82 Å². The molecule has 1 N–H and O–H groups in total. The van der Waals surface area contributed by atoms with Gasteiger partial charge in [-0.05, 0) is 25.0 Å². The van der Waals surface area contributed by atoms with Crippen LogP contribution in [0.15, 0.2) is 12.1 Å². The topological polar surface area (TPSA) is 81.2 Å². The Bertz CT molecular complexity index is 471. The van der Waals surface area contributed by atoms with Crippen LogP contribution in [0.25, 0.3) is 0 Å². The minimum absolute atomic E-state index is 0.181. The van der Waals surface area contributed by atoms with E-state index in [2.05, 4.69) is 14.9 Å². The van der Waals surface area contributed by atoms with E-state index in [-0.39, 0.29) is 11.0 Å². The van der Waals surface area contributed by atoms with Gasteiger partial charge >= 0.3 is 0 Å². The van der Waals surface area contributed by atoms with E-state index < -0.39 is 15.3 Å². The van der Waals surface area contributed by atoms with Crippen LogP contribution >= 0.6 is 11.6 Å². The van der Waals surface area contributed by atoms with Crippen molar-refractivity contribution in [1.82, 2.24) is 10.2 Å². The molecule has 1 aromatic rings. The molecule has 0 atom stereocenters. The molecule has 1 aliphatic rings. The van der Waals surface area contributed by atoms with Gasteiger partial charge in [0.05, 0.1) is 5.25 Å². The van der Waals surface area contributed by atoms with Gasteiger partial charge in [0.1, 0.15) is 0 Å². The zero-order valence-corrected chi connectivity index (χ0v) is 10.5. The maximum Gasteiger partial charge on any atom is 0.236 e. The highest BCUT2D eigenvalue weighted by atomic mass is 35.5. The standard InChI is InChI=1S/C9H12ClN3O3S/c10-8-1-2-9(12-11-8)13-17(14,15)7-3-5-16-6-4-7/h1-2,7H,3-6H2,(H,12,13). The van der Waals surface area contributed by atoms with Crippen molar-refractivity contribution in [2.75, 3.05) is 17.9 Å². The SMILES string of the molecule is O=S(=O)(Nc1ccc(Cl)nn1)C1CCOCC1. The Morgan fingerprint density at radius 2 is 2.00 bits per heavy atom. The van der Waals surface area contributed by atoms with Gasteiger partial charge in [-0.1, -0.05) is 11.6 Å². The van der Waals surface area contributed by atoms with Gasteiger partial charge in [0.25, 0.3) is 0 Å². The summed E-state index contributed by atoms with van der Waals surface area (Å²) in [7, 11) is -3.42. The Hall–Kier alpha value is -0.920. The van der Waals surface area contributed by atoms with E-state index in [1.165, 1.54) is 12.1 Å². The number of nitrogens with zero attached hydrogens (tertiary/aromatic N) is 2. The molecule has 0 aliphatic carbocycles. The fourth-order valence-corrected chi connectivity index (χ4v) is 3.07. The monoisotopic (exact) mass is 277 g/mol. The van der Waals surface area contributed by atoms with Gasteiger partial charge in [-0.2, -0.15) is 0 Å². The summed E-state index contributed by atoms with van der Waals surface area (Å²) in [6.07, 6.45) is 0.993. The number of hydrogen-bond donors (Lipinski definition) is 1. The lowest BCUT2D eigenvalue weighted by molar-refractivity contribution is 0.0984. The minimum Gasteiger partial charge on any atom is -0.381 e. The van der Waals surface area contributed by atoms with Crippen LogP contribution in [0.3, 0.4) is 0 Å². The lowest BCUT2D eigenvalue weighted by Crippen LogP contribution is -2.33. The molecular formula is C9H12ClN3O3S. The maximum atomic E-state index is 12.0. The predicted octanol–water partition coefficient (Wildman–Crippen LogP) is 1.05. The minimum atomic E-state index is -3.42. The van der Waals surface area contributed by atoms with Crippen molar-refractivity contribution in [2.45, 2.75) is 18.1 Å². The quantitative estimate of drug-likeness (QED) is 0.893. The maximum absolute atomic E-state index is 12.0. The summed E-state index contributed by atoms with van der Waals surface area (Å²) in [5.41, 5.74) is 0. The average molecular weight is 278 g/mol. The number of rotatable bonds is 3. The molecule has 0 aromatic carbocycles. The van der Waals surface area contributed by atoms with E-state index in [1.54, 1.807) is 0 Å². The van der Waals surface area contributed by atoms with Crippen LogP contribution in [0.5, 0.6) is 0 Å². The third-order valence-electron chi connectivity index (χ3n) is 2.49. The molecule has 1 saturated heterocycles. The van der Waals surface area contributed by atoms with Crippen LogP contribution in [0.1, 0.15) is 12.8 Å². The zero-order valence-electron chi connectivity index (χ0n) is 8.97. The highest BCUT2D eigenvalue weighted by Gasteiger charge is 2.27. The number of hydrogen-bond acceptors (Lipinski definition) is 5. The van der Waals surface area contributed by atoms with E-state index in [0.717, 1.165) is 0 Å². The number of aromatic nitrogens is 2. The second kappa shape index (κ2) is 5.16. The zero-order chi connectivity index (χ0) is 12.3. The van der Waals surface area contributed by atoms with E-state index >= 15 is 0 Å². The normalized spacial score (nSPS) is 17.9. The smallest absolute Gasteiger partial charge is 0.236 e. The van der Waals surface area contributed by atoms with Crippen molar-refractivity contribution in [3.8, 4) is 0 Å². The van der Waals surface area contributed by atoms with Gasteiger partial charge in [0, 0.05) is 13.2 Å². The van der Waals surface area contributed by atoms with Gasteiger partial charge in [-0.15, -0.1) is 10.2 Å². The molecule has 17 heavy (non-hydrogen) atoms. The molecule has 2 heterocycles. The molecule has 6 nitrogen and oxygen atoms in total. The van der Waals surface area contributed by atoms with Crippen LogP contribution in [0, 0.1) is 0 Å². The highest BCUT2D eigenvalue weighted by molar-refractivity contribution is 7.93. The first-order chi connectivity index (χ1) is 8.08. The molecule has 0 unspecified atom stereocenters. The Kier molecular flexibility index (Phi) is 3.80. The fourth-order valence-electron chi connectivity index (χ4n) is 1.59. The molecule has 1 fully saturated rings. The largest absolute Gasteiger partial charge is 0.381 e. The Morgan fingerprint density at radius 1 is 1.29 bits per heavy atom. The van der Waals surface area contributed by atoms with Crippen LogP contribution in [-0.2, 0) is 14.8 Å². The molecule has 0 bridgehead atoms. The van der Waals surface area contributed by atoms with Crippen LogP contribution in [0.2, 0.25) is 5.15 Å². The Morgan fingerprint density at radius 3 is 2.59 bits per heavy atom. The molecule has 0 amide bonds. The average Bonchev–Trinajstić information content (AvgIpc) is 2.33. The molecule has 0 radical (unpaired) electrons. The van der Waals surface area contributed by atoms with Crippen molar-refractivity contribution in [1.29, 1.82) is 0 Å². The predicted molar refractivity (Wildman–Crippen MR) is 63.4 cm³/mol. The van der Waals surface area contributed by atoms with Crippen LogP contribution < -0.4 is 4.72 Å². The lowest BCUT2D eigenvalue weighted by atomic mass is 10.2. The summed E-state index contributed by atoms with van der Waals surface area (Å²) >= 11 is 5.56. The van der Waals surface area contributed by atoms with Crippen molar-refractivity contribution in [3.05, 3.63) is 17.3 Å². The van der Waals surface area contributed by atoms with Gasteiger partial charge in [0.15, 0.2) is 11.0 Å². The molecule has 8 heteroatoms. The highest BCUT2D eigenvalue weighted by Crippen LogP contribution is 2.18. The number of nitrogens with one attached hydrogen (secondary N) is 1. The molecular weight excluding hydrogens is 266 g/mol. The van der Waals surface area contributed by atoms with Crippen molar-refractivity contribution in [3.63, 3.8) is 0 Å². The molecule has 0 spiro atoms. The first kappa shape index (κ1) is 12.5. The summed E-state index contributed by atoms with van der Waals surface area (Å²) < 4.78 is 31.5. The van der Waals surface area contributed by atoms with E-state index in [0.29, 0.717) is 26.1 Å². The molecule has 1 aromatic heterocycles. The summed E-state index contributed by atoms with van der Waals surface area (Å²) in [6.45, 7) is 0.940. The van der Waals surface area contributed by atoms with Crippen molar-refractivity contribution < 1.29 is 13.2 Å². The summed E-state index contributed by atoms with van der Waals surface area (Å²) in [6, 6.07) is 2.96. The third kappa shape index (κ3) is 3.27. The first-order valence-corrected chi connectivity index (χ1v) is 7.09. The third-order valence-corrected chi connectivity index (χ3v) is 4.53. The summed E-state index contributed by atoms with van der Waals surface area (Å²) in [5, 5.41) is 7.01. The van der Waals surface area contributed by atoms with E-state index in [1.807, 2.05) is 0 Å². The Balaban J connectivity index is 2.08. The fraction of sp³-hybridized carbons (Fsp3) is 0.556. The molecule has 0 saturated carbocycles. The second-order valence-electron chi connectivity index (χ2n) is 3.70. The number of anilines is 1. The van der Waals surface area contributed by atoms with E-state index in [9.17, 15) is 8.42 Å². The lowest BCUT2D eigenvalue weighted by Gasteiger charge is -2.22. The van der Waals surface area contributed by atoms with Crippen molar-refractivity contribution in [2.24, 2.45) is 0 Å². The van der Waals surface area contributed by atoms with Gasteiger partial charge < -0.3 is 4.74 Å². The molecule has 2 rings (SSSR count). The Labute approximate surface area is 104 Å². The molecule has 1 aliphatic heterocycles. The summed E-state index contributed by atoms with van der Waals surface area (Å²) in [4.78, 5) is 0. The van der Waals surface area contributed by atoms with E-state index in [4.69, 9.17) is 16.3 Å². The summed E-state index contributed by atoms with van der Waals surface area (Å²) in [5.74, 6) is 0.181. The molecule has 94 valence electrons. The van der Waals surface area contributed by atoms with Gasteiger partial charge in [0.2, 0.25) is 10.0 Å². The number of sulfonamides is 1.